The third kappa shape index (κ3) is 2.75. The lowest BCUT2D eigenvalue weighted by Gasteiger charge is -2.04. The number of aryl methyl sites for hydroxylation is 2. The molecule has 96 valence electrons. The molecule has 1 aromatic heterocycles. The number of halogens is 1. The van der Waals surface area contributed by atoms with Crippen molar-refractivity contribution < 1.29 is 4.79 Å². The van der Waals surface area contributed by atoms with Gasteiger partial charge in [-0.1, -0.05) is 17.7 Å². The van der Waals surface area contributed by atoms with Crippen molar-refractivity contribution in [2.24, 2.45) is 7.05 Å². The van der Waals surface area contributed by atoms with E-state index in [0.717, 1.165) is 5.56 Å². The van der Waals surface area contributed by atoms with Gasteiger partial charge in [0.1, 0.15) is 11.6 Å². The van der Waals surface area contributed by atoms with Gasteiger partial charge in [-0.2, -0.15) is 10.4 Å². The molecule has 0 spiro atoms. The number of nitrogens with zero attached hydrogens (tertiary/aromatic N) is 3. The molecule has 0 saturated heterocycles. The van der Waals surface area contributed by atoms with Crippen molar-refractivity contribution in [2.75, 3.05) is 5.32 Å². The third-order valence-electron chi connectivity index (χ3n) is 2.62. The molecule has 0 atom stereocenters. The highest BCUT2D eigenvalue weighted by atomic mass is 35.5. The minimum atomic E-state index is -0.350. The first kappa shape index (κ1) is 13.1. The Labute approximate surface area is 115 Å². The SMILES string of the molecule is Cc1ccc(C(=O)Nc2nn(C)cc2C#N)cc1Cl. The molecule has 0 aliphatic carbocycles. The second-order valence-electron chi connectivity index (χ2n) is 4.09. The van der Waals surface area contributed by atoms with Gasteiger partial charge in [0.2, 0.25) is 0 Å². The van der Waals surface area contributed by atoms with Gasteiger partial charge in [-0.05, 0) is 24.6 Å². The molecule has 1 N–H and O–H groups in total. The average Bonchev–Trinajstić information content (AvgIpc) is 2.72. The summed E-state index contributed by atoms with van der Waals surface area (Å²) in [7, 11) is 1.68. The fourth-order valence-electron chi connectivity index (χ4n) is 1.58. The number of nitrogens with one attached hydrogen (secondary N) is 1. The summed E-state index contributed by atoms with van der Waals surface area (Å²) >= 11 is 5.97. The molecule has 19 heavy (non-hydrogen) atoms. The van der Waals surface area contributed by atoms with Crippen molar-refractivity contribution >= 4 is 23.3 Å². The number of nitriles is 1. The van der Waals surface area contributed by atoms with Crippen LogP contribution >= 0.6 is 11.6 Å². The van der Waals surface area contributed by atoms with Crippen LogP contribution in [0.1, 0.15) is 21.5 Å². The van der Waals surface area contributed by atoms with Gasteiger partial charge in [-0.3, -0.25) is 9.48 Å². The lowest BCUT2D eigenvalue weighted by molar-refractivity contribution is 0.102. The molecule has 1 heterocycles. The van der Waals surface area contributed by atoms with Crippen LogP contribution in [0.3, 0.4) is 0 Å². The van der Waals surface area contributed by atoms with E-state index < -0.39 is 0 Å². The molecule has 0 aliphatic heterocycles. The molecule has 2 aromatic rings. The van der Waals surface area contributed by atoms with Gasteiger partial charge in [0.05, 0.1) is 0 Å². The Morgan fingerprint density at radius 2 is 2.26 bits per heavy atom. The monoisotopic (exact) mass is 274 g/mol. The van der Waals surface area contributed by atoms with Crippen LogP contribution < -0.4 is 5.32 Å². The highest BCUT2D eigenvalue weighted by Crippen LogP contribution is 2.18. The van der Waals surface area contributed by atoms with Gasteiger partial charge in [0.15, 0.2) is 5.82 Å². The van der Waals surface area contributed by atoms with Gasteiger partial charge >= 0.3 is 0 Å². The maximum atomic E-state index is 12.0. The van der Waals surface area contributed by atoms with E-state index in [0.29, 0.717) is 16.1 Å². The Bertz CT molecular complexity index is 684. The van der Waals surface area contributed by atoms with Gasteiger partial charge < -0.3 is 5.32 Å². The molecule has 0 unspecified atom stereocenters. The van der Waals surface area contributed by atoms with Crippen LogP contribution in [0.5, 0.6) is 0 Å². The zero-order valence-corrected chi connectivity index (χ0v) is 11.2. The quantitative estimate of drug-likeness (QED) is 0.915. The molecule has 1 aromatic carbocycles. The van der Waals surface area contributed by atoms with Gasteiger partial charge in [0.25, 0.3) is 5.91 Å². The minimum absolute atomic E-state index is 0.242. The number of hydrogen-bond donors (Lipinski definition) is 1. The summed E-state index contributed by atoms with van der Waals surface area (Å²) in [6.07, 6.45) is 1.54. The van der Waals surface area contributed by atoms with Crippen LogP contribution in [0.15, 0.2) is 24.4 Å². The standard InChI is InChI=1S/C13H11ClN4O/c1-8-3-4-9(5-11(8)14)13(19)16-12-10(6-15)7-18(2)17-12/h3-5,7H,1-2H3,(H,16,17,19). The molecule has 0 aliphatic rings. The second-order valence-corrected chi connectivity index (χ2v) is 4.50. The maximum Gasteiger partial charge on any atom is 0.256 e. The van der Waals surface area contributed by atoms with E-state index in [-0.39, 0.29) is 11.7 Å². The molecular weight excluding hydrogens is 264 g/mol. The van der Waals surface area contributed by atoms with Crippen molar-refractivity contribution in [2.45, 2.75) is 6.92 Å². The third-order valence-corrected chi connectivity index (χ3v) is 3.02. The van der Waals surface area contributed by atoms with Crippen LogP contribution in [0.4, 0.5) is 5.82 Å². The molecule has 1 amide bonds. The van der Waals surface area contributed by atoms with Crippen LogP contribution in [0.25, 0.3) is 0 Å². The molecular formula is C13H11ClN4O. The summed E-state index contributed by atoms with van der Waals surface area (Å²) in [5.74, 6) is -0.108. The normalized spacial score (nSPS) is 10.0. The number of rotatable bonds is 2. The Balaban J connectivity index is 2.26. The van der Waals surface area contributed by atoms with Crippen LogP contribution in [-0.2, 0) is 7.05 Å². The maximum absolute atomic E-state index is 12.0. The minimum Gasteiger partial charge on any atom is -0.304 e. The molecule has 0 fully saturated rings. The summed E-state index contributed by atoms with van der Waals surface area (Å²) in [6.45, 7) is 1.86. The van der Waals surface area contributed by atoms with E-state index >= 15 is 0 Å². The number of carbonyl (C=O) groups is 1. The lowest BCUT2D eigenvalue weighted by Crippen LogP contribution is -2.13. The van der Waals surface area contributed by atoms with Crippen molar-refractivity contribution in [3.05, 3.63) is 46.1 Å². The van der Waals surface area contributed by atoms with Gasteiger partial charge in [-0.15, -0.1) is 0 Å². The van der Waals surface area contributed by atoms with Crippen molar-refractivity contribution in [3.8, 4) is 6.07 Å². The first-order valence-corrected chi connectivity index (χ1v) is 5.90. The number of hydrogen-bond acceptors (Lipinski definition) is 3. The first-order valence-electron chi connectivity index (χ1n) is 5.52. The number of benzene rings is 1. The Kier molecular flexibility index (Phi) is 3.54. The number of carbonyl (C=O) groups excluding carboxylic acids is 1. The van der Waals surface area contributed by atoms with E-state index in [4.69, 9.17) is 16.9 Å². The number of aromatic nitrogens is 2. The summed E-state index contributed by atoms with van der Waals surface area (Å²) in [4.78, 5) is 12.0. The molecule has 5 nitrogen and oxygen atoms in total. The zero-order chi connectivity index (χ0) is 14.0. The Morgan fingerprint density at radius 1 is 1.53 bits per heavy atom. The second kappa shape index (κ2) is 5.12. The highest BCUT2D eigenvalue weighted by molar-refractivity contribution is 6.31. The summed E-state index contributed by atoms with van der Waals surface area (Å²) in [5, 5.41) is 16.1. The molecule has 0 bridgehead atoms. The predicted molar refractivity (Wildman–Crippen MR) is 72.1 cm³/mol. The van der Waals surface area contributed by atoms with Crippen LogP contribution in [-0.4, -0.2) is 15.7 Å². The smallest absolute Gasteiger partial charge is 0.256 e. The summed E-state index contributed by atoms with van der Waals surface area (Å²) in [6, 6.07) is 6.99. The summed E-state index contributed by atoms with van der Waals surface area (Å²) < 4.78 is 1.47. The van der Waals surface area contributed by atoms with E-state index in [1.54, 1.807) is 25.2 Å². The predicted octanol–water partition coefficient (Wildman–Crippen LogP) is 2.51. The van der Waals surface area contributed by atoms with Crippen LogP contribution in [0, 0.1) is 18.3 Å². The number of amides is 1. The molecule has 2 rings (SSSR count). The van der Waals surface area contributed by atoms with Gasteiger partial charge in [0, 0.05) is 23.8 Å². The van der Waals surface area contributed by atoms with Crippen molar-refractivity contribution in [1.29, 1.82) is 5.26 Å². The van der Waals surface area contributed by atoms with Crippen molar-refractivity contribution in [3.63, 3.8) is 0 Å². The Hall–Kier alpha value is -2.32. The topological polar surface area (TPSA) is 70.7 Å². The zero-order valence-electron chi connectivity index (χ0n) is 10.4. The molecule has 6 heteroatoms. The van der Waals surface area contributed by atoms with Gasteiger partial charge in [-0.25, -0.2) is 0 Å². The average molecular weight is 275 g/mol. The first-order chi connectivity index (χ1) is 9.01. The Morgan fingerprint density at radius 3 is 2.89 bits per heavy atom. The largest absolute Gasteiger partial charge is 0.304 e. The van der Waals surface area contributed by atoms with E-state index in [9.17, 15) is 4.79 Å². The summed E-state index contributed by atoms with van der Waals surface area (Å²) in [5.41, 5.74) is 1.63. The van der Waals surface area contributed by atoms with Crippen LogP contribution in [0.2, 0.25) is 5.02 Å². The molecule has 0 saturated carbocycles. The fraction of sp³-hybridized carbons (Fsp3) is 0.154. The van der Waals surface area contributed by atoms with E-state index in [2.05, 4.69) is 10.4 Å². The number of anilines is 1. The van der Waals surface area contributed by atoms with E-state index in [1.807, 2.05) is 13.0 Å². The van der Waals surface area contributed by atoms with Crippen molar-refractivity contribution in [1.82, 2.24) is 9.78 Å². The fourth-order valence-corrected chi connectivity index (χ4v) is 1.76. The molecule has 0 radical (unpaired) electrons. The van der Waals surface area contributed by atoms with E-state index in [1.165, 1.54) is 10.9 Å². The highest BCUT2D eigenvalue weighted by Gasteiger charge is 2.13. The lowest BCUT2D eigenvalue weighted by atomic mass is 10.1.